The lowest BCUT2D eigenvalue weighted by Gasteiger charge is -2.07. The molecule has 0 bridgehead atoms. The maximum atomic E-state index is 12.8. The van der Waals surface area contributed by atoms with Gasteiger partial charge < -0.3 is 4.42 Å². The largest absolute Gasteiger partial charge is 0.423 e. The number of hydrogen-bond donors (Lipinski definition) is 1. The Morgan fingerprint density at radius 3 is 2.30 bits per heavy atom. The van der Waals surface area contributed by atoms with Crippen molar-refractivity contribution in [2.24, 2.45) is 0 Å². The van der Waals surface area contributed by atoms with Crippen LogP contribution in [0.5, 0.6) is 0 Å². The molecule has 1 heterocycles. The molecule has 0 radical (unpaired) electrons. The first-order chi connectivity index (χ1) is 14.4. The molecule has 3 aromatic carbocycles. The van der Waals surface area contributed by atoms with E-state index in [1.807, 2.05) is 49.4 Å². The summed E-state index contributed by atoms with van der Waals surface area (Å²) >= 11 is 6.28. The van der Waals surface area contributed by atoms with Gasteiger partial charge in [-0.1, -0.05) is 72.3 Å². The Hall–Kier alpha value is -3.09. The SMILES string of the molecule is Cc1ccc(-c2nc(Cc3ccccc3)oc2NS(=O)(=O)c2ccccc2)cc1Cl. The van der Waals surface area contributed by atoms with Crippen molar-refractivity contribution >= 4 is 27.5 Å². The molecule has 1 N–H and O–H groups in total. The van der Waals surface area contributed by atoms with Gasteiger partial charge in [0.15, 0.2) is 0 Å². The second-order valence-corrected chi connectivity index (χ2v) is 8.92. The van der Waals surface area contributed by atoms with Crippen molar-refractivity contribution in [1.82, 2.24) is 4.98 Å². The molecule has 0 saturated carbocycles. The quantitative estimate of drug-likeness (QED) is 0.419. The lowest BCUT2D eigenvalue weighted by Crippen LogP contribution is -2.12. The molecule has 0 atom stereocenters. The lowest BCUT2D eigenvalue weighted by molar-refractivity contribution is 0.521. The monoisotopic (exact) mass is 438 g/mol. The third-order valence-corrected chi connectivity index (χ3v) is 6.35. The van der Waals surface area contributed by atoms with Gasteiger partial charge in [-0.25, -0.2) is 18.1 Å². The summed E-state index contributed by atoms with van der Waals surface area (Å²) in [5.74, 6) is 0.461. The molecular formula is C23H19ClN2O3S. The van der Waals surface area contributed by atoms with E-state index in [0.717, 1.165) is 11.1 Å². The van der Waals surface area contributed by atoms with Gasteiger partial charge in [-0.2, -0.15) is 0 Å². The Bertz CT molecular complexity index is 1270. The zero-order chi connectivity index (χ0) is 21.1. The summed E-state index contributed by atoms with van der Waals surface area (Å²) in [6.07, 6.45) is 0.431. The Kier molecular flexibility index (Phi) is 5.61. The molecule has 0 aliphatic rings. The number of halogens is 1. The fourth-order valence-corrected chi connectivity index (χ4v) is 4.19. The highest BCUT2D eigenvalue weighted by Crippen LogP contribution is 2.33. The van der Waals surface area contributed by atoms with E-state index < -0.39 is 10.0 Å². The fraction of sp³-hybridized carbons (Fsp3) is 0.0870. The van der Waals surface area contributed by atoms with Crippen molar-refractivity contribution < 1.29 is 12.8 Å². The van der Waals surface area contributed by atoms with E-state index in [0.29, 0.717) is 28.6 Å². The van der Waals surface area contributed by atoms with Crippen LogP contribution in [0.2, 0.25) is 5.02 Å². The van der Waals surface area contributed by atoms with E-state index in [9.17, 15) is 8.42 Å². The zero-order valence-electron chi connectivity index (χ0n) is 16.2. The van der Waals surface area contributed by atoms with Gasteiger partial charge >= 0.3 is 0 Å². The minimum absolute atomic E-state index is 0.0599. The summed E-state index contributed by atoms with van der Waals surface area (Å²) in [7, 11) is -3.84. The van der Waals surface area contributed by atoms with Gasteiger partial charge in [0.1, 0.15) is 5.69 Å². The average Bonchev–Trinajstić information content (AvgIpc) is 3.13. The normalized spacial score (nSPS) is 11.4. The summed E-state index contributed by atoms with van der Waals surface area (Å²) in [5.41, 5.74) is 2.98. The van der Waals surface area contributed by atoms with Crippen LogP contribution in [0, 0.1) is 6.92 Å². The summed E-state index contributed by atoms with van der Waals surface area (Å²) in [6, 6.07) is 23.3. The van der Waals surface area contributed by atoms with Gasteiger partial charge in [0.2, 0.25) is 11.8 Å². The molecule has 0 fully saturated rings. The maximum Gasteiger partial charge on any atom is 0.264 e. The first kappa shape index (κ1) is 20.2. The van der Waals surface area contributed by atoms with Gasteiger partial charge in [-0.3, -0.25) is 0 Å². The van der Waals surface area contributed by atoms with Crippen molar-refractivity contribution in [3.8, 4) is 11.3 Å². The molecule has 5 nitrogen and oxygen atoms in total. The summed E-state index contributed by atoms with van der Waals surface area (Å²) in [4.78, 5) is 4.71. The molecule has 0 amide bonds. The molecule has 4 rings (SSSR count). The molecular weight excluding hydrogens is 420 g/mol. The Labute approximate surface area is 180 Å². The van der Waals surface area contributed by atoms with Crippen molar-refractivity contribution in [1.29, 1.82) is 0 Å². The molecule has 0 saturated heterocycles. The third kappa shape index (κ3) is 4.40. The highest BCUT2D eigenvalue weighted by molar-refractivity contribution is 7.92. The average molecular weight is 439 g/mol. The molecule has 7 heteroatoms. The first-order valence-electron chi connectivity index (χ1n) is 9.30. The van der Waals surface area contributed by atoms with Crippen molar-refractivity contribution in [2.75, 3.05) is 4.72 Å². The number of sulfonamides is 1. The van der Waals surface area contributed by atoms with E-state index in [2.05, 4.69) is 9.71 Å². The highest BCUT2D eigenvalue weighted by Gasteiger charge is 2.22. The second kappa shape index (κ2) is 8.34. The zero-order valence-corrected chi connectivity index (χ0v) is 17.7. The number of anilines is 1. The Balaban J connectivity index is 1.76. The van der Waals surface area contributed by atoms with Gasteiger partial charge in [-0.15, -0.1) is 0 Å². The molecule has 152 valence electrons. The van der Waals surface area contributed by atoms with E-state index >= 15 is 0 Å². The summed E-state index contributed by atoms with van der Waals surface area (Å²) in [6.45, 7) is 1.90. The van der Waals surface area contributed by atoms with Crippen LogP contribution in [0.25, 0.3) is 11.3 Å². The number of aryl methyl sites for hydroxylation is 1. The van der Waals surface area contributed by atoms with Gasteiger partial charge in [0.05, 0.1) is 4.90 Å². The minimum Gasteiger partial charge on any atom is -0.423 e. The van der Waals surface area contributed by atoms with Crippen LogP contribution in [0.15, 0.2) is 88.2 Å². The van der Waals surface area contributed by atoms with E-state index in [4.69, 9.17) is 16.0 Å². The second-order valence-electron chi connectivity index (χ2n) is 6.83. The number of oxazole rings is 1. The molecule has 0 unspecified atom stereocenters. The number of rotatable bonds is 6. The number of hydrogen-bond acceptors (Lipinski definition) is 4. The van der Waals surface area contributed by atoms with E-state index in [1.54, 1.807) is 24.3 Å². The highest BCUT2D eigenvalue weighted by atomic mass is 35.5. The maximum absolute atomic E-state index is 12.8. The number of benzene rings is 3. The van der Waals surface area contributed by atoms with Crippen LogP contribution in [0.3, 0.4) is 0 Å². The number of aromatic nitrogens is 1. The predicted molar refractivity (Wildman–Crippen MR) is 118 cm³/mol. The molecule has 1 aromatic heterocycles. The van der Waals surface area contributed by atoms with Gasteiger partial charge in [-0.05, 0) is 36.2 Å². The van der Waals surface area contributed by atoms with E-state index in [-0.39, 0.29) is 10.8 Å². The van der Waals surface area contributed by atoms with Crippen LogP contribution in [-0.4, -0.2) is 13.4 Å². The molecule has 0 aliphatic carbocycles. The van der Waals surface area contributed by atoms with Gasteiger partial charge in [0, 0.05) is 17.0 Å². The summed E-state index contributed by atoms with van der Waals surface area (Å²) in [5, 5.41) is 0.567. The molecule has 4 aromatic rings. The van der Waals surface area contributed by atoms with Crippen LogP contribution < -0.4 is 4.72 Å². The Morgan fingerprint density at radius 1 is 0.967 bits per heavy atom. The number of nitrogens with zero attached hydrogens (tertiary/aromatic N) is 1. The first-order valence-corrected chi connectivity index (χ1v) is 11.2. The van der Waals surface area contributed by atoms with Crippen molar-refractivity contribution in [2.45, 2.75) is 18.2 Å². The van der Waals surface area contributed by atoms with Crippen molar-refractivity contribution in [3.05, 3.63) is 101 Å². The predicted octanol–water partition coefficient (Wildman–Crippen LogP) is 5.70. The Morgan fingerprint density at radius 2 is 1.63 bits per heavy atom. The smallest absolute Gasteiger partial charge is 0.264 e. The topological polar surface area (TPSA) is 72.2 Å². The van der Waals surface area contributed by atoms with Crippen LogP contribution in [-0.2, 0) is 16.4 Å². The number of nitrogens with one attached hydrogen (secondary N) is 1. The van der Waals surface area contributed by atoms with E-state index in [1.165, 1.54) is 12.1 Å². The molecule has 30 heavy (non-hydrogen) atoms. The lowest BCUT2D eigenvalue weighted by atomic mass is 10.1. The molecule has 0 spiro atoms. The van der Waals surface area contributed by atoms with Crippen LogP contribution in [0.4, 0.5) is 5.88 Å². The fourth-order valence-electron chi connectivity index (χ4n) is 3.00. The van der Waals surface area contributed by atoms with Crippen LogP contribution >= 0.6 is 11.6 Å². The standard InChI is InChI=1S/C23H19ClN2O3S/c1-16-12-13-18(15-20(16)24)22-23(26-30(27,28)19-10-6-3-7-11-19)29-21(25-22)14-17-8-4-2-5-9-17/h2-13,15,26H,14H2,1H3. The summed E-state index contributed by atoms with van der Waals surface area (Å²) < 4.78 is 34.1. The third-order valence-electron chi connectivity index (χ3n) is 4.60. The van der Waals surface area contributed by atoms with Crippen molar-refractivity contribution in [3.63, 3.8) is 0 Å². The van der Waals surface area contributed by atoms with Gasteiger partial charge in [0.25, 0.3) is 10.0 Å². The molecule has 0 aliphatic heterocycles. The minimum atomic E-state index is -3.84. The van der Waals surface area contributed by atoms with Crippen LogP contribution in [0.1, 0.15) is 17.0 Å².